The van der Waals surface area contributed by atoms with Crippen molar-refractivity contribution in [2.24, 2.45) is 10.9 Å². The van der Waals surface area contributed by atoms with Crippen LogP contribution in [0.5, 0.6) is 11.5 Å². The lowest BCUT2D eigenvalue weighted by Crippen LogP contribution is -2.12. The maximum absolute atomic E-state index is 9.88. The molecule has 0 radical (unpaired) electrons. The number of hydrogen-bond acceptors (Lipinski definition) is 6. The fraction of sp³-hybridized carbons (Fsp3) is 0. The van der Waals surface area contributed by atoms with Gasteiger partial charge in [0.1, 0.15) is 17.2 Å². The number of nitrogens with zero attached hydrogens (tertiary/aromatic N) is 3. The molecule has 0 aliphatic rings. The molecule has 29 heavy (non-hydrogen) atoms. The van der Waals surface area contributed by atoms with Crippen LogP contribution in [0.1, 0.15) is 11.4 Å². The number of rotatable bonds is 4. The summed E-state index contributed by atoms with van der Waals surface area (Å²) in [4.78, 5) is 9.32. The number of phenols is 2. The first-order chi connectivity index (χ1) is 14.1. The number of phenolic OH excluding ortho intramolecular Hbond substituents is 2. The third-order valence-corrected chi connectivity index (χ3v) is 4.42. The van der Waals surface area contributed by atoms with E-state index >= 15 is 0 Å². The van der Waals surface area contributed by atoms with E-state index in [-0.39, 0.29) is 11.5 Å². The Hall–Kier alpha value is -4.19. The minimum Gasteiger partial charge on any atom is -0.508 e. The number of hydrazone groups is 1. The van der Waals surface area contributed by atoms with Gasteiger partial charge in [0.2, 0.25) is 0 Å². The number of aromatic hydroxyl groups is 2. The zero-order valence-corrected chi connectivity index (χ0v) is 15.4. The van der Waals surface area contributed by atoms with E-state index in [0.717, 1.165) is 11.1 Å². The Balaban J connectivity index is 1.91. The topological polar surface area (TPSA) is 105 Å². The highest BCUT2D eigenvalue weighted by atomic mass is 16.3. The molecule has 3 aromatic carbocycles. The van der Waals surface area contributed by atoms with Gasteiger partial charge < -0.3 is 16.1 Å². The number of hydrogen-bond donors (Lipinski definition) is 3. The Morgan fingerprint density at radius 1 is 0.690 bits per heavy atom. The molecule has 0 unspecified atom stereocenters. The molecule has 142 valence electrons. The SMILES string of the molecule is N/N=C(\c1ccc(O)cc1)c1nc(-c2ccccc2)cc(-c2cccc(O)c2)n1. The second-order valence-corrected chi connectivity index (χ2v) is 6.40. The van der Waals surface area contributed by atoms with Gasteiger partial charge in [0.15, 0.2) is 5.82 Å². The van der Waals surface area contributed by atoms with E-state index in [9.17, 15) is 10.2 Å². The Morgan fingerprint density at radius 3 is 2.00 bits per heavy atom. The van der Waals surface area contributed by atoms with Crippen molar-refractivity contribution in [2.45, 2.75) is 0 Å². The van der Waals surface area contributed by atoms with Gasteiger partial charge in [0.25, 0.3) is 0 Å². The maximum Gasteiger partial charge on any atom is 0.181 e. The monoisotopic (exact) mass is 382 g/mol. The first-order valence-electron chi connectivity index (χ1n) is 8.95. The van der Waals surface area contributed by atoms with Crippen molar-refractivity contribution >= 4 is 5.71 Å². The third kappa shape index (κ3) is 3.91. The first kappa shape index (κ1) is 18.2. The molecule has 6 nitrogen and oxygen atoms in total. The van der Waals surface area contributed by atoms with Gasteiger partial charge in [-0.3, -0.25) is 0 Å². The molecule has 0 saturated carbocycles. The predicted octanol–water partition coefficient (Wildman–Crippen LogP) is 3.93. The van der Waals surface area contributed by atoms with Crippen LogP contribution in [0.3, 0.4) is 0 Å². The van der Waals surface area contributed by atoms with Gasteiger partial charge in [-0.05, 0) is 42.5 Å². The van der Waals surface area contributed by atoms with Crippen LogP contribution < -0.4 is 5.84 Å². The van der Waals surface area contributed by atoms with Crippen LogP contribution >= 0.6 is 0 Å². The van der Waals surface area contributed by atoms with Crippen LogP contribution in [0.25, 0.3) is 22.5 Å². The van der Waals surface area contributed by atoms with Crippen LogP contribution in [0.2, 0.25) is 0 Å². The highest BCUT2D eigenvalue weighted by molar-refractivity contribution is 6.10. The Morgan fingerprint density at radius 2 is 1.34 bits per heavy atom. The molecule has 4 rings (SSSR count). The average molecular weight is 382 g/mol. The fourth-order valence-corrected chi connectivity index (χ4v) is 3.00. The van der Waals surface area contributed by atoms with Crippen LogP contribution in [0.4, 0.5) is 0 Å². The zero-order chi connectivity index (χ0) is 20.2. The first-order valence-corrected chi connectivity index (χ1v) is 8.95. The molecule has 1 heterocycles. The third-order valence-electron chi connectivity index (χ3n) is 4.42. The molecule has 0 saturated heterocycles. The summed E-state index contributed by atoms with van der Waals surface area (Å²) in [5, 5.41) is 23.4. The molecule has 0 atom stereocenters. The van der Waals surface area contributed by atoms with E-state index in [4.69, 9.17) is 5.84 Å². The fourth-order valence-electron chi connectivity index (χ4n) is 3.00. The molecule has 0 fully saturated rings. The average Bonchev–Trinajstić information content (AvgIpc) is 2.76. The van der Waals surface area contributed by atoms with Crippen LogP contribution in [-0.2, 0) is 0 Å². The molecule has 0 spiro atoms. The molecular formula is C23H18N4O2. The largest absolute Gasteiger partial charge is 0.508 e. The van der Waals surface area contributed by atoms with Gasteiger partial charge >= 0.3 is 0 Å². The highest BCUT2D eigenvalue weighted by Crippen LogP contribution is 2.27. The van der Waals surface area contributed by atoms with E-state index in [0.29, 0.717) is 28.5 Å². The summed E-state index contributed by atoms with van der Waals surface area (Å²) >= 11 is 0. The molecular weight excluding hydrogens is 364 g/mol. The second kappa shape index (κ2) is 7.82. The number of aromatic nitrogens is 2. The molecule has 0 aliphatic heterocycles. The highest BCUT2D eigenvalue weighted by Gasteiger charge is 2.15. The lowest BCUT2D eigenvalue weighted by Gasteiger charge is -2.11. The van der Waals surface area contributed by atoms with Gasteiger partial charge in [0, 0.05) is 16.7 Å². The molecule has 6 heteroatoms. The molecule has 0 aliphatic carbocycles. The summed E-state index contributed by atoms with van der Waals surface area (Å²) in [5.41, 5.74) is 4.06. The Kier molecular flexibility index (Phi) is 4.90. The summed E-state index contributed by atoms with van der Waals surface area (Å²) in [6.07, 6.45) is 0. The summed E-state index contributed by atoms with van der Waals surface area (Å²) in [5.74, 6) is 6.32. The number of benzene rings is 3. The van der Waals surface area contributed by atoms with E-state index in [1.807, 2.05) is 42.5 Å². The van der Waals surface area contributed by atoms with E-state index < -0.39 is 0 Å². The Labute approximate surface area is 167 Å². The van der Waals surface area contributed by atoms with Crippen LogP contribution in [0, 0.1) is 0 Å². The molecule has 4 aromatic rings. The van der Waals surface area contributed by atoms with Gasteiger partial charge in [0.05, 0.1) is 11.4 Å². The van der Waals surface area contributed by atoms with Gasteiger partial charge in [-0.2, -0.15) is 5.10 Å². The van der Waals surface area contributed by atoms with Crippen LogP contribution in [-0.4, -0.2) is 25.9 Å². The molecule has 0 amide bonds. The normalized spacial score (nSPS) is 11.4. The van der Waals surface area contributed by atoms with Gasteiger partial charge in [-0.1, -0.05) is 42.5 Å². The summed E-state index contributed by atoms with van der Waals surface area (Å²) in [6.45, 7) is 0. The van der Waals surface area contributed by atoms with Crippen LogP contribution in [0.15, 0.2) is 90.0 Å². The van der Waals surface area contributed by atoms with Crippen molar-refractivity contribution in [2.75, 3.05) is 0 Å². The predicted molar refractivity (Wildman–Crippen MR) is 113 cm³/mol. The summed E-state index contributed by atoms with van der Waals surface area (Å²) in [7, 11) is 0. The van der Waals surface area contributed by atoms with Crippen molar-refractivity contribution in [3.8, 4) is 34.0 Å². The van der Waals surface area contributed by atoms with Crippen molar-refractivity contribution in [1.29, 1.82) is 0 Å². The van der Waals surface area contributed by atoms with Crippen molar-refractivity contribution in [1.82, 2.24) is 9.97 Å². The van der Waals surface area contributed by atoms with Gasteiger partial charge in [-0.25, -0.2) is 9.97 Å². The molecule has 0 bridgehead atoms. The maximum atomic E-state index is 9.88. The quantitative estimate of drug-likeness (QED) is 0.282. The van der Waals surface area contributed by atoms with Crippen molar-refractivity contribution < 1.29 is 10.2 Å². The minimum absolute atomic E-state index is 0.143. The van der Waals surface area contributed by atoms with E-state index in [2.05, 4.69) is 15.1 Å². The lowest BCUT2D eigenvalue weighted by molar-refractivity contribution is 0.475. The lowest BCUT2D eigenvalue weighted by atomic mass is 10.1. The van der Waals surface area contributed by atoms with Gasteiger partial charge in [-0.15, -0.1) is 0 Å². The molecule has 1 aromatic heterocycles. The minimum atomic E-state index is 0.143. The van der Waals surface area contributed by atoms with Crippen molar-refractivity contribution in [3.63, 3.8) is 0 Å². The Bertz CT molecular complexity index is 1170. The summed E-state index contributed by atoms with van der Waals surface area (Å²) < 4.78 is 0. The molecule has 4 N–H and O–H groups in total. The van der Waals surface area contributed by atoms with E-state index in [1.54, 1.807) is 42.5 Å². The zero-order valence-electron chi connectivity index (χ0n) is 15.4. The standard InChI is InChI=1S/C23H18N4O2/c24-27-22(16-9-11-18(28)12-10-16)23-25-20(15-5-2-1-3-6-15)14-21(26-23)17-7-4-8-19(29)13-17/h1-14,28-29H,24H2/b27-22+. The van der Waals surface area contributed by atoms with Crippen molar-refractivity contribution in [3.05, 3.63) is 96.3 Å². The van der Waals surface area contributed by atoms with E-state index in [1.165, 1.54) is 0 Å². The second-order valence-electron chi connectivity index (χ2n) is 6.40. The smallest absolute Gasteiger partial charge is 0.181 e. The summed E-state index contributed by atoms with van der Waals surface area (Å²) in [6, 6.07) is 24.9. The number of nitrogens with two attached hydrogens (primary N) is 1.